The highest BCUT2D eigenvalue weighted by atomic mass is 19.4. The molecule has 1 nitrogen and oxygen atoms in total. The van der Waals surface area contributed by atoms with E-state index in [0.717, 1.165) is 0 Å². The molecule has 1 unspecified atom stereocenters. The molecule has 1 aromatic carbocycles. The quantitative estimate of drug-likeness (QED) is 0.504. The maximum absolute atomic E-state index is 12.4. The van der Waals surface area contributed by atoms with Gasteiger partial charge < -0.3 is 0 Å². The lowest BCUT2D eigenvalue weighted by Gasteiger charge is -2.06. The van der Waals surface area contributed by atoms with Crippen LogP contribution < -0.4 is 0 Å². The largest absolute Gasteiger partial charge is 0.224 e. The zero-order valence-electron chi connectivity index (χ0n) is 6.25. The van der Waals surface area contributed by atoms with Crippen LogP contribution in [0.3, 0.4) is 0 Å². The van der Waals surface area contributed by atoms with Crippen molar-refractivity contribution in [2.75, 3.05) is 0 Å². The Kier molecular flexibility index (Phi) is 3.10. The van der Waals surface area contributed by atoms with Crippen molar-refractivity contribution < 1.29 is 13.4 Å². The van der Waals surface area contributed by atoms with Gasteiger partial charge in [-0.2, -0.15) is 0 Å². The summed E-state index contributed by atoms with van der Waals surface area (Å²) in [5.41, 5.74) is 0.560. The standard InChI is InChI=1S/C8H8F3N/c9-8(12(10)11)6-7-4-2-1-3-5-7/h1-5,8H,6H2. The first-order chi connectivity index (χ1) is 5.70. The fourth-order valence-electron chi connectivity index (χ4n) is 0.878. The molecule has 0 saturated heterocycles. The SMILES string of the molecule is FC(Cc1ccccc1)N(F)F. The zero-order valence-corrected chi connectivity index (χ0v) is 6.25. The first-order valence-electron chi connectivity index (χ1n) is 3.49. The number of hydrogen-bond donors (Lipinski definition) is 0. The molecule has 4 heteroatoms. The van der Waals surface area contributed by atoms with Crippen LogP contribution in [0.5, 0.6) is 0 Å². The highest BCUT2D eigenvalue weighted by molar-refractivity contribution is 5.15. The number of hydrogen-bond acceptors (Lipinski definition) is 1. The van der Waals surface area contributed by atoms with E-state index in [0.29, 0.717) is 5.56 Å². The van der Waals surface area contributed by atoms with Gasteiger partial charge in [-0.25, -0.2) is 4.39 Å². The van der Waals surface area contributed by atoms with Crippen LogP contribution in [0.2, 0.25) is 0 Å². The maximum atomic E-state index is 12.4. The second-order valence-electron chi connectivity index (χ2n) is 2.38. The summed E-state index contributed by atoms with van der Waals surface area (Å²) in [6.07, 6.45) is -2.50. The third-order valence-corrected chi connectivity index (χ3v) is 1.46. The molecule has 0 heterocycles. The van der Waals surface area contributed by atoms with Gasteiger partial charge >= 0.3 is 0 Å². The lowest BCUT2D eigenvalue weighted by molar-refractivity contribution is -0.222. The Labute approximate surface area is 68.3 Å². The van der Waals surface area contributed by atoms with Crippen LogP contribution in [-0.2, 0) is 6.42 Å². The van der Waals surface area contributed by atoms with E-state index < -0.39 is 11.6 Å². The van der Waals surface area contributed by atoms with E-state index in [1.54, 1.807) is 30.3 Å². The van der Waals surface area contributed by atoms with Crippen molar-refractivity contribution in [2.45, 2.75) is 12.7 Å². The molecule has 66 valence electrons. The molecule has 0 bridgehead atoms. The highest BCUT2D eigenvalue weighted by Gasteiger charge is 2.16. The third-order valence-electron chi connectivity index (χ3n) is 1.46. The van der Waals surface area contributed by atoms with E-state index in [1.807, 2.05) is 0 Å². The van der Waals surface area contributed by atoms with Gasteiger partial charge in [0.1, 0.15) is 0 Å². The number of rotatable bonds is 3. The Morgan fingerprint density at radius 2 is 1.75 bits per heavy atom. The predicted molar refractivity (Wildman–Crippen MR) is 39.1 cm³/mol. The van der Waals surface area contributed by atoms with Crippen molar-refractivity contribution in [3.8, 4) is 0 Å². The summed E-state index contributed by atoms with van der Waals surface area (Å²) in [6, 6.07) is 8.33. The van der Waals surface area contributed by atoms with E-state index in [9.17, 15) is 13.4 Å². The van der Waals surface area contributed by atoms with E-state index in [2.05, 4.69) is 0 Å². The Morgan fingerprint density at radius 1 is 1.17 bits per heavy atom. The van der Waals surface area contributed by atoms with E-state index in [4.69, 9.17) is 0 Å². The van der Waals surface area contributed by atoms with Crippen molar-refractivity contribution >= 4 is 0 Å². The summed E-state index contributed by atoms with van der Waals surface area (Å²) in [4.78, 5) is 0. The van der Waals surface area contributed by atoms with Gasteiger partial charge in [-0.3, -0.25) is 0 Å². The van der Waals surface area contributed by atoms with Crippen molar-refractivity contribution in [3.05, 3.63) is 35.9 Å². The molecule has 0 saturated carbocycles. The van der Waals surface area contributed by atoms with Crippen molar-refractivity contribution in [2.24, 2.45) is 0 Å². The first kappa shape index (κ1) is 9.06. The number of halogens is 3. The molecule has 12 heavy (non-hydrogen) atoms. The molecule has 0 N–H and O–H groups in total. The molecule has 0 aromatic heterocycles. The van der Waals surface area contributed by atoms with Gasteiger partial charge in [-0.05, 0) is 5.56 Å². The van der Waals surface area contributed by atoms with Crippen LogP contribution in [0.4, 0.5) is 13.4 Å². The summed E-state index contributed by atoms with van der Waals surface area (Å²) in [7, 11) is 0. The normalized spacial score (nSPS) is 13.3. The molecule has 0 aliphatic rings. The van der Waals surface area contributed by atoms with Gasteiger partial charge in [0.05, 0.1) is 5.34 Å². The Hall–Kier alpha value is -1.03. The van der Waals surface area contributed by atoms with Crippen molar-refractivity contribution in [3.63, 3.8) is 0 Å². The van der Waals surface area contributed by atoms with E-state index >= 15 is 0 Å². The van der Waals surface area contributed by atoms with Crippen LogP contribution in [0.15, 0.2) is 30.3 Å². The smallest absolute Gasteiger partial charge is 0.216 e. The average molecular weight is 175 g/mol. The maximum Gasteiger partial charge on any atom is 0.216 e. The van der Waals surface area contributed by atoms with Gasteiger partial charge in [0, 0.05) is 6.42 Å². The minimum absolute atomic E-state index is 0.284. The average Bonchev–Trinajstić information content (AvgIpc) is 2.06. The van der Waals surface area contributed by atoms with Gasteiger partial charge in [-0.15, -0.1) is 0 Å². The zero-order chi connectivity index (χ0) is 8.97. The van der Waals surface area contributed by atoms with Crippen LogP contribution in [-0.4, -0.2) is 11.6 Å². The van der Waals surface area contributed by atoms with Crippen LogP contribution in [0.1, 0.15) is 5.56 Å². The summed E-state index contributed by atoms with van der Waals surface area (Å²) >= 11 is 0. The molecule has 0 aliphatic carbocycles. The number of alkyl halides is 1. The van der Waals surface area contributed by atoms with Crippen LogP contribution in [0.25, 0.3) is 0 Å². The summed E-state index contributed by atoms with van der Waals surface area (Å²) in [5.74, 6) is 0. The second-order valence-corrected chi connectivity index (χ2v) is 2.38. The van der Waals surface area contributed by atoms with Gasteiger partial charge in [-0.1, -0.05) is 39.3 Å². The Balaban J connectivity index is 2.53. The molecule has 1 atom stereocenters. The van der Waals surface area contributed by atoms with Crippen molar-refractivity contribution in [1.82, 2.24) is 5.34 Å². The highest BCUT2D eigenvalue weighted by Crippen LogP contribution is 2.10. The molecule has 0 amide bonds. The van der Waals surface area contributed by atoms with Gasteiger partial charge in [0.15, 0.2) is 0 Å². The molecule has 0 spiro atoms. The minimum Gasteiger partial charge on any atom is -0.224 e. The molecule has 0 fully saturated rings. The summed E-state index contributed by atoms with van der Waals surface area (Å²) < 4.78 is 35.5. The van der Waals surface area contributed by atoms with E-state index in [-0.39, 0.29) is 6.42 Å². The molecule has 0 radical (unpaired) electrons. The fraction of sp³-hybridized carbons (Fsp3) is 0.250. The molecular weight excluding hydrogens is 167 g/mol. The second kappa shape index (κ2) is 4.11. The van der Waals surface area contributed by atoms with Gasteiger partial charge in [0.25, 0.3) is 0 Å². The Bertz CT molecular complexity index is 225. The number of benzene rings is 1. The monoisotopic (exact) mass is 175 g/mol. The lowest BCUT2D eigenvalue weighted by Crippen LogP contribution is -2.17. The molecule has 1 rings (SSSR count). The first-order valence-corrected chi connectivity index (χ1v) is 3.49. The van der Waals surface area contributed by atoms with Gasteiger partial charge in [0.2, 0.25) is 6.30 Å². The predicted octanol–water partition coefficient (Wildman–Crippen LogP) is 2.60. The third kappa shape index (κ3) is 2.54. The molecule has 1 aromatic rings. The minimum atomic E-state index is -2.22. The van der Waals surface area contributed by atoms with Crippen LogP contribution in [0, 0.1) is 0 Å². The fourth-order valence-corrected chi connectivity index (χ4v) is 0.878. The lowest BCUT2D eigenvalue weighted by atomic mass is 10.1. The topological polar surface area (TPSA) is 3.24 Å². The van der Waals surface area contributed by atoms with E-state index in [1.165, 1.54) is 0 Å². The van der Waals surface area contributed by atoms with Crippen LogP contribution >= 0.6 is 0 Å². The number of nitrogens with zero attached hydrogens (tertiary/aromatic N) is 1. The summed E-state index contributed by atoms with van der Waals surface area (Å²) in [5, 5.41) is -1.42. The summed E-state index contributed by atoms with van der Waals surface area (Å²) in [6.45, 7) is 0. The Morgan fingerprint density at radius 3 is 2.25 bits per heavy atom. The molecular formula is C8H8F3N. The molecule has 0 aliphatic heterocycles. The van der Waals surface area contributed by atoms with Crippen molar-refractivity contribution in [1.29, 1.82) is 0 Å².